The number of aliphatic hydroxyl groups excluding tert-OH is 2. The largest absolute Gasteiger partial charge is 0.390 e. The second-order valence-corrected chi connectivity index (χ2v) is 10.8. The average Bonchev–Trinajstić information content (AvgIpc) is 3.42. The molecule has 0 saturated heterocycles. The van der Waals surface area contributed by atoms with Crippen molar-refractivity contribution < 1.29 is 15.3 Å². The molecule has 0 aliphatic heterocycles. The Kier molecular flexibility index (Phi) is 5.72. The van der Waals surface area contributed by atoms with Crippen LogP contribution < -0.4 is 10.6 Å². The fourth-order valence-electron chi connectivity index (χ4n) is 4.51. The lowest BCUT2D eigenvalue weighted by Crippen LogP contribution is -2.40. The van der Waals surface area contributed by atoms with Crippen molar-refractivity contribution >= 4 is 33.3 Å². The van der Waals surface area contributed by atoms with Crippen LogP contribution in [-0.4, -0.2) is 65.7 Å². The predicted molar refractivity (Wildman–Crippen MR) is 128 cm³/mol. The number of pyridine rings is 1. The molecule has 176 valence electrons. The highest BCUT2D eigenvalue weighted by molar-refractivity contribution is 7.21. The Morgan fingerprint density at radius 1 is 1.15 bits per heavy atom. The van der Waals surface area contributed by atoms with Gasteiger partial charge in [0.15, 0.2) is 0 Å². The number of nitrogens with one attached hydrogen (secondary N) is 2. The first-order valence-corrected chi connectivity index (χ1v) is 12.2. The number of hydrogen-bond acceptors (Lipinski definition) is 10. The maximum absolute atomic E-state index is 10.7. The number of rotatable bonds is 7. The number of anilines is 2. The van der Waals surface area contributed by atoms with E-state index in [0.29, 0.717) is 24.1 Å². The number of aryl methyl sites for hydroxylation is 1. The second kappa shape index (κ2) is 8.43. The van der Waals surface area contributed by atoms with Crippen LogP contribution in [-0.2, 0) is 0 Å². The minimum Gasteiger partial charge on any atom is -0.390 e. The summed E-state index contributed by atoms with van der Waals surface area (Å²) in [6, 6.07) is 1.45. The summed E-state index contributed by atoms with van der Waals surface area (Å²) in [5, 5.41) is 39.2. The molecular formula is C23H30N6O3S. The van der Waals surface area contributed by atoms with Crippen molar-refractivity contribution in [1.82, 2.24) is 19.9 Å². The van der Waals surface area contributed by atoms with Crippen molar-refractivity contribution in [3.63, 3.8) is 0 Å². The van der Waals surface area contributed by atoms with Crippen LogP contribution in [0.3, 0.4) is 0 Å². The molecule has 10 heteroatoms. The Morgan fingerprint density at radius 2 is 1.94 bits per heavy atom. The van der Waals surface area contributed by atoms with Crippen LogP contribution in [0.15, 0.2) is 18.5 Å². The molecule has 0 unspecified atom stereocenters. The van der Waals surface area contributed by atoms with E-state index in [2.05, 4.69) is 20.6 Å². The van der Waals surface area contributed by atoms with E-state index in [-0.39, 0.29) is 0 Å². The monoisotopic (exact) mass is 470 g/mol. The third-order valence-electron chi connectivity index (χ3n) is 6.65. The van der Waals surface area contributed by atoms with Crippen molar-refractivity contribution in [2.24, 2.45) is 11.8 Å². The van der Waals surface area contributed by atoms with Gasteiger partial charge in [-0.05, 0) is 52.0 Å². The van der Waals surface area contributed by atoms with E-state index in [1.165, 1.54) is 24.2 Å². The molecule has 0 bridgehead atoms. The normalized spacial score (nSPS) is 25.5. The summed E-state index contributed by atoms with van der Waals surface area (Å²) < 4.78 is 1.01. The maximum Gasteiger partial charge on any atom is 0.224 e. The van der Waals surface area contributed by atoms with Gasteiger partial charge in [0.2, 0.25) is 5.95 Å². The second-order valence-electron chi connectivity index (χ2n) is 9.77. The molecule has 0 aromatic carbocycles. The van der Waals surface area contributed by atoms with Crippen LogP contribution in [0.25, 0.3) is 20.8 Å². The molecule has 0 spiro atoms. The summed E-state index contributed by atoms with van der Waals surface area (Å²) in [5.41, 5.74) is 1.22. The number of aromatic nitrogens is 4. The lowest BCUT2D eigenvalue weighted by molar-refractivity contribution is -0.0601. The number of nitrogens with zero attached hydrogens (tertiary/aromatic N) is 4. The van der Waals surface area contributed by atoms with Crippen LogP contribution in [0.1, 0.15) is 38.8 Å². The fourth-order valence-corrected chi connectivity index (χ4v) is 5.54. The van der Waals surface area contributed by atoms with Crippen molar-refractivity contribution in [3.05, 3.63) is 24.2 Å². The fraction of sp³-hybridized carbons (Fsp3) is 0.565. The molecule has 2 saturated carbocycles. The van der Waals surface area contributed by atoms with Crippen LogP contribution in [0, 0.1) is 18.8 Å². The molecule has 33 heavy (non-hydrogen) atoms. The number of fused-ring (bicyclic) bond motifs is 1. The smallest absolute Gasteiger partial charge is 0.224 e. The zero-order chi connectivity index (χ0) is 23.3. The minimum atomic E-state index is -1.11. The summed E-state index contributed by atoms with van der Waals surface area (Å²) in [6.07, 6.45) is 4.25. The van der Waals surface area contributed by atoms with Gasteiger partial charge in [0, 0.05) is 18.7 Å². The van der Waals surface area contributed by atoms with Crippen LogP contribution >= 0.6 is 11.3 Å². The first-order chi connectivity index (χ1) is 15.7. The Bertz CT molecular complexity index is 1130. The van der Waals surface area contributed by atoms with E-state index in [1.54, 1.807) is 26.2 Å². The molecule has 2 aliphatic carbocycles. The highest BCUT2D eigenvalue weighted by Crippen LogP contribution is 2.40. The molecule has 0 amide bonds. The van der Waals surface area contributed by atoms with Gasteiger partial charge in [-0.1, -0.05) is 0 Å². The van der Waals surface area contributed by atoms with Gasteiger partial charge in [0.1, 0.15) is 22.4 Å². The molecular weight excluding hydrogens is 440 g/mol. The summed E-state index contributed by atoms with van der Waals surface area (Å²) >= 11 is 1.53. The Labute approximate surface area is 196 Å². The summed E-state index contributed by atoms with van der Waals surface area (Å²) in [7, 11) is 0. The third kappa shape index (κ3) is 4.52. The Morgan fingerprint density at radius 3 is 2.61 bits per heavy atom. The molecule has 5 N–H and O–H groups in total. The zero-order valence-corrected chi connectivity index (χ0v) is 19.8. The first-order valence-electron chi connectivity index (χ1n) is 11.4. The Hall–Kier alpha value is -2.40. The van der Waals surface area contributed by atoms with E-state index >= 15 is 0 Å². The molecule has 4 atom stereocenters. The van der Waals surface area contributed by atoms with E-state index in [9.17, 15) is 15.3 Å². The number of thiazole rings is 1. The third-order valence-corrected chi connectivity index (χ3v) is 7.71. The van der Waals surface area contributed by atoms with Gasteiger partial charge in [-0.15, -0.1) is 11.3 Å². The molecule has 9 nitrogen and oxygen atoms in total. The van der Waals surface area contributed by atoms with Crippen molar-refractivity contribution in [2.75, 3.05) is 17.2 Å². The molecule has 3 aromatic rings. The SMILES string of the molecule is Cc1nc(NCC2CC2)nc(N[C@@H]2C[C@H](C(C)(C)O)[C@@H](O)[C@H]2O)c1-c1nc2cnccc2s1. The van der Waals surface area contributed by atoms with Gasteiger partial charge in [0.05, 0.1) is 39.9 Å². The summed E-state index contributed by atoms with van der Waals surface area (Å²) in [5.74, 6) is 1.29. The molecule has 3 aromatic heterocycles. The van der Waals surface area contributed by atoms with Gasteiger partial charge >= 0.3 is 0 Å². The highest BCUT2D eigenvalue weighted by atomic mass is 32.1. The van der Waals surface area contributed by atoms with Crippen LogP contribution in [0.5, 0.6) is 0 Å². The molecule has 0 radical (unpaired) electrons. The Balaban J connectivity index is 1.52. The number of hydrogen-bond donors (Lipinski definition) is 5. The zero-order valence-electron chi connectivity index (χ0n) is 19.0. The predicted octanol–water partition coefficient (Wildman–Crippen LogP) is 2.57. The highest BCUT2D eigenvalue weighted by Gasteiger charge is 2.48. The maximum atomic E-state index is 10.7. The topological polar surface area (TPSA) is 136 Å². The summed E-state index contributed by atoms with van der Waals surface area (Å²) in [4.78, 5) is 18.3. The van der Waals surface area contributed by atoms with Crippen LogP contribution in [0.2, 0.25) is 0 Å². The van der Waals surface area contributed by atoms with E-state index in [0.717, 1.165) is 33.0 Å². The first kappa shape index (κ1) is 22.4. The standard InChI is InChI=1S/C23H30N6O3S/c1-11-17(21-28-15-10-24-7-6-16(15)33-21)20(29-22(26-11)25-9-12-4-5-12)27-14-8-13(23(2,3)32)18(30)19(14)31/h6-7,10,12-14,18-19,30-32H,4-5,8-9H2,1-3H3,(H2,25,26,27,29)/t13-,14+,18+,19-/m0/s1. The van der Waals surface area contributed by atoms with Gasteiger partial charge in [-0.3, -0.25) is 4.98 Å². The van der Waals surface area contributed by atoms with Crippen molar-refractivity contribution in [1.29, 1.82) is 0 Å². The molecule has 2 fully saturated rings. The summed E-state index contributed by atoms with van der Waals surface area (Å²) in [6.45, 7) is 6.07. The van der Waals surface area contributed by atoms with Gasteiger partial charge in [0.25, 0.3) is 0 Å². The van der Waals surface area contributed by atoms with Gasteiger partial charge in [-0.2, -0.15) is 4.98 Å². The lowest BCUT2D eigenvalue weighted by atomic mass is 9.88. The minimum absolute atomic E-state index is 0.406. The van der Waals surface area contributed by atoms with Crippen LogP contribution in [0.4, 0.5) is 11.8 Å². The molecule has 2 aliphatic rings. The molecule has 3 heterocycles. The van der Waals surface area contributed by atoms with Crippen molar-refractivity contribution in [2.45, 2.75) is 63.9 Å². The lowest BCUT2D eigenvalue weighted by Gasteiger charge is -2.28. The van der Waals surface area contributed by atoms with Gasteiger partial charge in [-0.25, -0.2) is 9.97 Å². The number of aliphatic hydroxyl groups is 3. The average molecular weight is 471 g/mol. The van der Waals surface area contributed by atoms with Gasteiger partial charge < -0.3 is 26.0 Å². The van der Waals surface area contributed by atoms with E-state index in [1.807, 2.05) is 13.0 Å². The van der Waals surface area contributed by atoms with E-state index in [4.69, 9.17) is 9.97 Å². The van der Waals surface area contributed by atoms with Crippen molar-refractivity contribution in [3.8, 4) is 10.6 Å². The van der Waals surface area contributed by atoms with E-state index < -0.39 is 29.8 Å². The quantitative estimate of drug-likeness (QED) is 0.353. The molecule has 5 rings (SSSR count).